The van der Waals surface area contributed by atoms with Gasteiger partial charge in [-0.1, -0.05) is 4.91 Å². The third kappa shape index (κ3) is 0.903. The Labute approximate surface area is 56.2 Å². The number of carboxylic acid groups (broad SMARTS) is 1. The number of nitrogens with two attached hydrogens (primary N) is 1. The monoisotopic (exact) mass is 142 g/mol. The van der Waals surface area contributed by atoms with Gasteiger partial charge in [0.1, 0.15) is 0 Å². The number of rotatable bonds is 1. The lowest BCUT2D eigenvalue weighted by Gasteiger charge is -1.82. The van der Waals surface area contributed by atoms with Gasteiger partial charge in [0.25, 0.3) is 0 Å². The minimum absolute atomic E-state index is 0.109. The van der Waals surface area contributed by atoms with Gasteiger partial charge in [-0.3, -0.25) is 0 Å². The summed E-state index contributed by atoms with van der Waals surface area (Å²) in [6, 6.07) is 0. The first-order valence-electron chi connectivity index (χ1n) is 2.53. The molecule has 1 rings (SSSR count). The van der Waals surface area contributed by atoms with Crippen molar-refractivity contribution in [1.82, 2.24) is 15.1 Å². The first-order valence-corrected chi connectivity index (χ1v) is 2.53. The minimum Gasteiger partial charge on any atom is -0.476 e. The van der Waals surface area contributed by atoms with Crippen LogP contribution in [0.2, 0.25) is 0 Å². The lowest BCUT2D eigenvalue weighted by Crippen LogP contribution is -2.12. The number of aromatic carboxylic acids is 1. The molecule has 1 heterocycles. The summed E-state index contributed by atoms with van der Waals surface area (Å²) < 4.78 is 0. The van der Waals surface area contributed by atoms with Crippen molar-refractivity contribution in [3.05, 3.63) is 11.4 Å². The van der Waals surface area contributed by atoms with Crippen molar-refractivity contribution in [3.63, 3.8) is 0 Å². The maximum Gasteiger partial charge on any atom is 0.358 e. The molecule has 6 nitrogen and oxygen atoms in total. The Morgan fingerprint density at radius 1 is 1.70 bits per heavy atom. The molecular formula is C4H6N4O2. The number of aromatic nitrogens is 3. The van der Waals surface area contributed by atoms with Gasteiger partial charge in [-0.2, -0.15) is 0 Å². The quantitative estimate of drug-likeness (QED) is 0.490. The molecule has 0 bridgehead atoms. The number of aryl methyl sites for hydroxylation is 1. The first kappa shape index (κ1) is 6.53. The van der Waals surface area contributed by atoms with E-state index >= 15 is 0 Å². The fourth-order valence-electron chi connectivity index (χ4n) is 0.596. The zero-order valence-corrected chi connectivity index (χ0v) is 5.27. The number of hydrogen-bond donors (Lipinski definition) is 2. The summed E-state index contributed by atoms with van der Waals surface area (Å²) in [6.45, 7) is 1.53. The van der Waals surface area contributed by atoms with E-state index in [4.69, 9.17) is 10.9 Å². The molecule has 0 spiro atoms. The highest BCUT2D eigenvalue weighted by molar-refractivity contribution is 5.86. The predicted molar refractivity (Wildman–Crippen MR) is 31.9 cm³/mol. The van der Waals surface area contributed by atoms with E-state index in [2.05, 4.69) is 10.2 Å². The van der Waals surface area contributed by atoms with E-state index in [-0.39, 0.29) is 5.69 Å². The summed E-state index contributed by atoms with van der Waals surface area (Å²) >= 11 is 0. The van der Waals surface area contributed by atoms with Crippen molar-refractivity contribution in [3.8, 4) is 0 Å². The van der Waals surface area contributed by atoms with Gasteiger partial charge in [0.2, 0.25) is 0 Å². The molecule has 0 aliphatic rings. The van der Waals surface area contributed by atoms with Crippen LogP contribution >= 0.6 is 0 Å². The van der Waals surface area contributed by atoms with Gasteiger partial charge in [-0.25, -0.2) is 4.79 Å². The van der Waals surface area contributed by atoms with Crippen molar-refractivity contribution in [1.29, 1.82) is 0 Å². The van der Waals surface area contributed by atoms with Crippen LogP contribution < -0.4 is 5.84 Å². The van der Waals surface area contributed by atoms with Gasteiger partial charge in [-0.05, 0) is 6.92 Å². The van der Waals surface area contributed by atoms with Crippen LogP contribution in [0.3, 0.4) is 0 Å². The Bertz CT molecular complexity index is 266. The Hall–Kier alpha value is -1.59. The second kappa shape index (κ2) is 1.98. The largest absolute Gasteiger partial charge is 0.476 e. The van der Waals surface area contributed by atoms with E-state index in [1.54, 1.807) is 0 Å². The van der Waals surface area contributed by atoms with Gasteiger partial charge < -0.3 is 10.9 Å². The minimum atomic E-state index is -1.12. The van der Waals surface area contributed by atoms with Crippen molar-refractivity contribution >= 4 is 5.97 Å². The standard InChI is InChI=1S/C4H6N4O2/c1-2-3(4(9)10)7-8(5)6-2/h5H2,1H3,(H,9,10). The number of carboxylic acids is 1. The Balaban J connectivity index is 3.15. The van der Waals surface area contributed by atoms with Gasteiger partial charge >= 0.3 is 5.97 Å². The molecule has 0 saturated heterocycles. The maximum absolute atomic E-state index is 10.3. The van der Waals surface area contributed by atoms with E-state index in [0.29, 0.717) is 5.69 Å². The van der Waals surface area contributed by atoms with E-state index in [1.807, 2.05) is 0 Å². The molecule has 3 N–H and O–H groups in total. The maximum atomic E-state index is 10.3. The fourth-order valence-corrected chi connectivity index (χ4v) is 0.596. The number of nitrogen functional groups attached to an aromatic ring is 1. The molecular weight excluding hydrogens is 136 g/mol. The molecule has 0 atom stereocenters. The summed E-state index contributed by atoms with van der Waals surface area (Å²) in [4.78, 5) is 11.0. The molecule has 0 aliphatic heterocycles. The zero-order valence-electron chi connectivity index (χ0n) is 5.27. The second-order valence-corrected chi connectivity index (χ2v) is 1.76. The van der Waals surface area contributed by atoms with Crippen LogP contribution in [0.25, 0.3) is 0 Å². The lowest BCUT2D eigenvalue weighted by atomic mass is 10.4. The highest BCUT2D eigenvalue weighted by Gasteiger charge is 2.12. The topological polar surface area (TPSA) is 94.0 Å². The first-order chi connectivity index (χ1) is 4.61. The normalized spacial score (nSPS) is 9.70. The summed E-state index contributed by atoms with van der Waals surface area (Å²) in [7, 11) is 0. The molecule has 0 saturated carbocycles. The average molecular weight is 142 g/mol. The smallest absolute Gasteiger partial charge is 0.358 e. The van der Waals surface area contributed by atoms with Gasteiger partial charge in [0, 0.05) is 0 Å². The predicted octanol–water partition coefficient (Wildman–Crippen LogP) is -1.00. The van der Waals surface area contributed by atoms with Crippen LogP contribution in [0.5, 0.6) is 0 Å². The van der Waals surface area contributed by atoms with Crippen molar-refractivity contribution in [2.45, 2.75) is 6.92 Å². The molecule has 0 radical (unpaired) electrons. The molecule has 1 aromatic heterocycles. The lowest BCUT2D eigenvalue weighted by molar-refractivity contribution is 0.0689. The van der Waals surface area contributed by atoms with Crippen LogP contribution in [-0.2, 0) is 0 Å². The summed E-state index contributed by atoms with van der Waals surface area (Å²) in [5.41, 5.74) is 0.206. The number of carbonyl (C=O) groups is 1. The SMILES string of the molecule is Cc1nn(N)nc1C(=O)O. The Kier molecular flexibility index (Phi) is 1.29. The molecule has 0 aromatic carbocycles. The highest BCUT2D eigenvalue weighted by atomic mass is 16.4. The third-order valence-electron chi connectivity index (χ3n) is 1.00. The van der Waals surface area contributed by atoms with Gasteiger partial charge in [0.05, 0.1) is 5.69 Å². The van der Waals surface area contributed by atoms with E-state index in [0.717, 1.165) is 4.91 Å². The molecule has 6 heteroatoms. The van der Waals surface area contributed by atoms with Crippen LogP contribution in [0.15, 0.2) is 0 Å². The van der Waals surface area contributed by atoms with Gasteiger partial charge in [-0.15, -0.1) is 10.2 Å². The molecule has 1 aromatic rings. The van der Waals surface area contributed by atoms with Crippen LogP contribution in [0, 0.1) is 6.92 Å². The van der Waals surface area contributed by atoms with E-state index < -0.39 is 5.97 Å². The number of hydrogen-bond acceptors (Lipinski definition) is 4. The molecule has 10 heavy (non-hydrogen) atoms. The second-order valence-electron chi connectivity index (χ2n) is 1.76. The van der Waals surface area contributed by atoms with E-state index in [1.165, 1.54) is 6.92 Å². The van der Waals surface area contributed by atoms with Gasteiger partial charge in [0.15, 0.2) is 5.69 Å². The Morgan fingerprint density at radius 2 is 2.30 bits per heavy atom. The van der Waals surface area contributed by atoms with Crippen molar-refractivity contribution < 1.29 is 9.90 Å². The van der Waals surface area contributed by atoms with Crippen molar-refractivity contribution in [2.75, 3.05) is 5.84 Å². The van der Waals surface area contributed by atoms with Crippen LogP contribution in [0.4, 0.5) is 0 Å². The number of nitrogens with zero attached hydrogens (tertiary/aromatic N) is 3. The summed E-state index contributed by atoms with van der Waals surface area (Å²) in [6.07, 6.45) is 0. The molecule has 0 unspecified atom stereocenters. The van der Waals surface area contributed by atoms with E-state index in [9.17, 15) is 4.79 Å². The zero-order chi connectivity index (χ0) is 7.72. The summed E-state index contributed by atoms with van der Waals surface area (Å²) in [5.74, 6) is 3.93. The highest BCUT2D eigenvalue weighted by Crippen LogP contribution is 1.97. The Morgan fingerprint density at radius 3 is 2.50 bits per heavy atom. The molecule has 54 valence electrons. The molecule has 0 fully saturated rings. The molecule has 0 aliphatic carbocycles. The van der Waals surface area contributed by atoms with Crippen molar-refractivity contribution in [2.24, 2.45) is 0 Å². The van der Waals surface area contributed by atoms with Crippen LogP contribution in [0.1, 0.15) is 16.2 Å². The third-order valence-corrected chi connectivity index (χ3v) is 1.00. The van der Waals surface area contributed by atoms with Crippen LogP contribution in [-0.4, -0.2) is 26.2 Å². The average Bonchev–Trinajstić information content (AvgIpc) is 2.10. The fraction of sp³-hybridized carbons (Fsp3) is 0.250. The molecule has 0 amide bonds. The summed E-state index contributed by atoms with van der Waals surface area (Å²) in [5, 5.41) is 15.3.